The molecule has 4 aromatic rings. The maximum absolute atomic E-state index is 6.35. The Bertz CT molecular complexity index is 1480. The smallest absolute Gasteiger partial charge is 0.232 e. The van der Waals surface area contributed by atoms with Gasteiger partial charge < -0.3 is 20.3 Å². The van der Waals surface area contributed by atoms with Gasteiger partial charge in [0, 0.05) is 61.7 Å². The summed E-state index contributed by atoms with van der Waals surface area (Å²) in [5.41, 5.74) is 3.66. The fraction of sp³-hybridized carbons (Fsp3) is 0.276. The number of rotatable bonds is 7. The van der Waals surface area contributed by atoms with Crippen LogP contribution in [0.2, 0.25) is 5.02 Å². The van der Waals surface area contributed by atoms with Crippen molar-refractivity contribution in [3.05, 3.63) is 94.8 Å². The first-order chi connectivity index (χ1) is 19.6. The van der Waals surface area contributed by atoms with E-state index in [1.807, 2.05) is 24.3 Å². The Balaban J connectivity index is 1.21. The highest BCUT2D eigenvalue weighted by molar-refractivity contribution is 7.99. The van der Waals surface area contributed by atoms with Gasteiger partial charge in [-0.05, 0) is 71.7 Å². The van der Waals surface area contributed by atoms with Crippen molar-refractivity contribution in [1.29, 1.82) is 0 Å². The van der Waals surface area contributed by atoms with Gasteiger partial charge in [0.25, 0.3) is 0 Å². The van der Waals surface area contributed by atoms with E-state index in [0.717, 1.165) is 41.8 Å². The number of fused-ring (bicyclic) bond motifs is 1. The van der Waals surface area contributed by atoms with Gasteiger partial charge >= 0.3 is 0 Å². The lowest BCUT2D eigenvalue weighted by molar-refractivity contribution is 0.0515. The zero-order chi connectivity index (χ0) is 27.4. The lowest BCUT2D eigenvalue weighted by Crippen LogP contribution is -2.45. The highest BCUT2D eigenvalue weighted by atomic mass is 35.5. The van der Waals surface area contributed by atoms with Crippen molar-refractivity contribution in [2.24, 2.45) is 0 Å². The summed E-state index contributed by atoms with van der Waals surface area (Å²) in [5, 5.41) is 9.20. The van der Waals surface area contributed by atoms with Gasteiger partial charge in [0.05, 0.1) is 0 Å². The Morgan fingerprint density at radius 3 is 2.45 bits per heavy atom. The molecule has 1 saturated heterocycles. The Kier molecular flexibility index (Phi) is 8.10. The number of benzene rings is 2. The van der Waals surface area contributed by atoms with Crippen LogP contribution in [-0.2, 0) is 23.2 Å². The Morgan fingerprint density at radius 2 is 1.73 bits per heavy atom. The third kappa shape index (κ3) is 6.20. The molecule has 204 valence electrons. The molecule has 8 nitrogen and oxygen atoms in total. The van der Waals surface area contributed by atoms with Crippen molar-refractivity contribution in [2.75, 3.05) is 30.0 Å². The minimum Gasteiger partial charge on any atom is -0.381 e. The molecule has 2 aliphatic rings. The number of hydrogen-bond donors (Lipinski definition) is 2. The van der Waals surface area contributed by atoms with E-state index in [2.05, 4.69) is 55.8 Å². The summed E-state index contributed by atoms with van der Waals surface area (Å²) in [5.74, 6) is 1.24. The fourth-order valence-electron chi connectivity index (χ4n) is 5.15. The van der Waals surface area contributed by atoms with Gasteiger partial charge in [-0.25, -0.2) is 15.0 Å². The summed E-state index contributed by atoms with van der Waals surface area (Å²) in [6.07, 6.45) is 5.20. The topological polar surface area (TPSA) is 88.1 Å². The van der Waals surface area contributed by atoms with Crippen molar-refractivity contribution >= 4 is 52.5 Å². The van der Waals surface area contributed by atoms with E-state index in [1.165, 1.54) is 28.5 Å². The third-order valence-electron chi connectivity index (χ3n) is 7.29. The van der Waals surface area contributed by atoms with Gasteiger partial charge in [0.15, 0.2) is 10.3 Å². The van der Waals surface area contributed by atoms with Gasteiger partial charge in [-0.3, -0.25) is 0 Å². The van der Waals surface area contributed by atoms with Crippen LogP contribution in [0.3, 0.4) is 0 Å². The number of thiocarbonyl (C=S) groups is 1. The molecule has 2 N–H and O–H groups in total. The molecule has 6 rings (SSSR count). The van der Waals surface area contributed by atoms with Crippen LogP contribution in [0.15, 0.2) is 83.2 Å². The largest absolute Gasteiger partial charge is 0.381 e. The van der Waals surface area contributed by atoms with Gasteiger partial charge in [-0.1, -0.05) is 48.0 Å². The molecular formula is C29H28ClN7OS2. The van der Waals surface area contributed by atoms with Gasteiger partial charge in [-0.2, -0.15) is 4.98 Å². The molecule has 0 aliphatic carbocycles. The van der Waals surface area contributed by atoms with Crippen LogP contribution in [0.5, 0.6) is 0 Å². The number of nitrogens with one attached hydrogen (secondary N) is 2. The summed E-state index contributed by atoms with van der Waals surface area (Å²) < 4.78 is 5.68. The zero-order valence-electron chi connectivity index (χ0n) is 21.7. The molecule has 40 heavy (non-hydrogen) atoms. The predicted molar refractivity (Wildman–Crippen MR) is 162 cm³/mol. The summed E-state index contributed by atoms with van der Waals surface area (Å²) >= 11 is 13.5. The first-order valence-corrected chi connectivity index (χ1v) is 14.7. The quantitative estimate of drug-likeness (QED) is 0.161. The van der Waals surface area contributed by atoms with Gasteiger partial charge in [-0.15, -0.1) is 0 Å². The normalized spacial score (nSPS) is 15.9. The van der Waals surface area contributed by atoms with E-state index < -0.39 is 0 Å². The Hall–Kier alpha value is -3.31. The van der Waals surface area contributed by atoms with E-state index in [-0.39, 0.29) is 5.41 Å². The van der Waals surface area contributed by atoms with E-state index in [1.54, 1.807) is 18.5 Å². The standard InChI is InChI=1S/C29H28ClN7OS2/c30-23-8-3-7-22(15-23)29(9-13-38-14-10-29)19-33-27(39)36-26-34-24(37-17-20-5-1-2-6-21(20)18-37)16-25(35-26)40-28-31-11-4-12-32-28/h1-8,11-12,15-16H,9-10,13-14,17-19H2,(H2,33,34,35,36,39). The summed E-state index contributed by atoms with van der Waals surface area (Å²) in [4.78, 5) is 20.5. The maximum Gasteiger partial charge on any atom is 0.232 e. The van der Waals surface area contributed by atoms with E-state index in [0.29, 0.717) is 36.0 Å². The zero-order valence-corrected chi connectivity index (χ0v) is 24.1. The van der Waals surface area contributed by atoms with Crippen molar-refractivity contribution < 1.29 is 4.74 Å². The van der Waals surface area contributed by atoms with Crippen LogP contribution < -0.4 is 15.5 Å². The van der Waals surface area contributed by atoms with Crippen molar-refractivity contribution in [2.45, 2.75) is 41.5 Å². The Morgan fingerprint density at radius 1 is 0.975 bits per heavy atom. The molecule has 0 radical (unpaired) electrons. The summed E-state index contributed by atoms with van der Waals surface area (Å²) in [6.45, 7) is 3.60. The molecule has 0 saturated carbocycles. The monoisotopic (exact) mass is 589 g/mol. The van der Waals surface area contributed by atoms with Gasteiger partial charge in [0.1, 0.15) is 10.8 Å². The minimum atomic E-state index is -0.134. The van der Waals surface area contributed by atoms with Crippen LogP contribution in [0.4, 0.5) is 11.8 Å². The molecule has 2 aliphatic heterocycles. The predicted octanol–water partition coefficient (Wildman–Crippen LogP) is 5.63. The molecule has 2 aromatic carbocycles. The average molecular weight is 590 g/mol. The van der Waals surface area contributed by atoms with Crippen molar-refractivity contribution in [3.63, 3.8) is 0 Å². The molecule has 2 aromatic heterocycles. The van der Waals surface area contributed by atoms with Crippen LogP contribution in [0, 0.1) is 0 Å². The molecule has 0 atom stereocenters. The molecular weight excluding hydrogens is 562 g/mol. The van der Waals surface area contributed by atoms with Crippen LogP contribution in [-0.4, -0.2) is 44.8 Å². The van der Waals surface area contributed by atoms with Crippen LogP contribution in [0.1, 0.15) is 29.5 Å². The first kappa shape index (κ1) is 26.9. The maximum atomic E-state index is 6.35. The van der Waals surface area contributed by atoms with E-state index in [4.69, 9.17) is 38.5 Å². The lowest BCUT2D eigenvalue weighted by Gasteiger charge is -2.38. The molecule has 0 bridgehead atoms. The highest BCUT2D eigenvalue weighted by Gasteiger charge is 2.35. The average Bonchev–Trinajstić information content (AvgIpc) is 3.42. The number of anilines is 2. The summed E-state index contributed by atoms with van der Waals surface area (Å²) in [6, 6.07) is 20.3. The number of aromatic nitrogens is 4. The second kappa shape index (κ2) is 12.1. The second-order valence-electron chi connectivity index (χ2n) is 9.86. The van der Waals surface area contributed by atoms with Gasteiger partial charge in [0.2, 0.25) is 5.95 Å². The number of halogens is 1. The number of hydrogen-bond acceptors (Lipinski definition) is 8. The summed E-state index contributed by atoms with van der Waals surface area (Å²) in [7, 11) is 0. The van der Waals surface area contributed by atoms with Crippen LogP contribution in [0.25, 0.3) is 0 Å². The minimum absolute atomic E-state index is 0.134. The highest BCUT2D eigenvalue weighted by Crippen LogP contribution is 2.36. The first-order valence-electron chi connectivity index (χ1n) is 13.1. The molecule has 1 fully saturated rings. The molecule has 11 heteroatoms. The molecule has 0 unspecified atom stereocenters. The number of ether oxygens (including phenoxy) is 1. The molecule has 4 heterocycles. The van der Waals surface area contributed by atoms with E-state index >= 15 is 0 Å². The molecule has 0 spiro atoms. The lowest BCUT2D eigenvalue weighted by atomic mass is 9.74. The molecule has 0 amide bonds. The van der Waals surface area contributed by atoms with Crippen molar-refractivity contribution in [3.8, 4) is 0 Å². The SMILES string of the molecule is S=C(NCC1(c2cccc(Cl)c2)CCOCC1)Nc1nc(Sc2ncccn2)cc(N2Cc3ccccc3C2)n1. The third-order valence-corrected chi connectivity index (χ3v) is 8.58. The van der Waals surface area contributed by atoms with E-state index in [9.17, 15) is 0 Å². The number of nitrogens with zero attached hydrogens (tertiary/aromatic N) is 5. The van der Waals surface area contributed by atoms with Crippen LogP contribution >= 0.6 is 35.6 Å². The fourth-order valence-corrected chi connectivity index (χ4v) is 6.22. The van der Waals surface area contributed by atoms with Crippen molar-refractivity contribution in [1.82, 2.24) is 25.3 Å². The Labute approximate surface area is 248 Å². The second-order valence-corrected chi connectivity index (χ2v) is 11.7.